The second kappa shape index (κ2) is 4.06. The van der Waals surface area contributed by atoms with Crippen molar-refractivity contribution in [3.63, 3.8) is 0 Å². The van der Waals surface area contributed by atoms with Crippen LogP contribution in [0, 0.1) is 0 Å². The number of aliphatic imine (C=N–C) groups is 1. The predicted molar refractivity (Wildman–Crippen MR) is 79.3 cm³/mol. The van der Waals surface area contributed by atoms with Crippen molar-refractivity contribution in [3.8, 4) is 0 Å². The van der Waals surface area contributed by atoms with Crippen LogP contribution in [-0.2, 0) is 5.41 Å². The Morgan fingerprint density at radius 2 is 1.74 bits per heavy atom. The molecule has 94 valence electrons. The number of benzene rings is 2. The smallest absolute Gasteiger partial charge is 0.0667 e. The number of hydrogen-bond donors (Lipinski definition) is 0. The van der Waals surface area contributed by atoms with Gasteiger partial charge < -0.3 is 0 Å². The summed E-state index contributed by atoms with van der Waals surface area (Å²) in [5.41, 5.74) is 4.22. The molecule has 1 nitrogen and oxygen atoms in total. The lowest BCUT2D eigenvalue weighted by atomic mass is 9.71. The van der Waals surface area contributed by atoms with Crippen LogP contribution >= 0.6 is 0 Å². The van der Waals surface area contributed by atoms with Crippen molar-refractivity contribution in [3.05, 3.63) is 65.7 Å². The Balaban J connectivity index is 1.85. The van der Waals surface area contributed by atoms with E-state index in [9.17, 15) is 0 Å². The minimum absolute atomic E-state index is 0.151. The van der Waals surface area contributed by atoms with E-state index in [-0.39, 0.29) is 5.41 Å². The van der Waals surface area contributed by atoms with E-state index in [0.717, 1.165) is 0 Å². The van der Waals surface area contributed by atoms with Crippen molar-refractivity contribution in [1.82, 2.24) is 0 Å². The van der Waals surface area contributed by atoms with Crippen LogP contribution in [0.15, 0.2) is 59.6 Å². The quantitative estimate of drug-likeness (QED) is 0.698. The number of para-hydroxylation sites is 1. The van der Waals surface area contributed by atoms with Crippen LogP contribution in [0.2, 0.25) is 0 Å². The Morgan fingerprint density at radius 3 is 2.63 bits per heavy atom. The molecule has 0 saturated heterocycles. The molecular weight excluding hydrogens is 230 g/mol. The highest BCUT2D eigenvalue weighted by Gasteiger charge is 2.46. The Kier molecular flexibility index (Phi) is 2.34. The van der Waals surface area contributed by atoms with E-state index >= 15 is 0 Å². The summed E-state index contributed by atoms with van der Waals surface area (Å²) < 4.78 is 0. The molecule has 0 radical (unpaired) electrons. The summed E-state index contributed by atoms with van der Waals surface area (Å²) in [5.74, 6) is 0.584. The van der Waals surface area contributed by atoms with Gasteiger partial charge in [0.1, 0.15) is 0 Å². The lowest BCUT2D eigenvalue weighted by Crippen LogP contribution is -2.28. The first-order chi connectivity index (χ1) is 9.40. The third-order valence-electron chi connectivity index (χ3n) is 4.75. The van der Waals surface area contributed by atoms with E-state index in [1.54, 1.807) is 0 Å². The molecule has 0 aromatic heterocycles. The Labute approximate surface area is 114 Å². The number of fused-ring (bicyclic) bond motifs is 2. The second-order valence-corrected chi connectivity index (χ2v) is 5.67. The fourth-order valence-electron chi connectivity index (χ4n) is 3.89. The maximum absolute atomic E-state index is 4.69. The lowest BCUT2D eigenvalue weighted by Gasteiger charge is -2.30. The normalized spacial score (nSPS) is 27.9. The van der Waals surface area contributed by atoms with Crippen molar-refractivity contribution in [2.75, 3.05) is 0 Å². The fraction of sp³-hybridized carbons (Fsp3) is 0.278. The highest BCUT2D eigenvalue weighted by atomic mass is 14.8. The summed E-state index contributed by atoms with van der Waals surface area (Å²) in [5, 5.41) is 0. The van der Waals surface area contributed by atoms with Crippen LogP contribution in [0.5, 0.6) is 0 Å². The molecular formula is C18H17N. The lowest BCUT2D eigenvalue weighted by molar-refractivity contribution is 0.543. The molecule has 19 heavy (non-hydrogen) atoms. The first-order valence-electron chi connectivity index (χ1n) is 7.10. The molecule has 2 unspecified atom stereocenters. The molecule has 2 atom stereocenters. The van der Waals surface area contributed by atoms with Crippen LogP contribution in [0.3, 0.4) is 0 Å². The average Bonchev–Trinajstić information content (AvgIpc) is 3.07. The van der Waals surface area contributed by atoms with E-state index in [4.69, 9.17) is 0 Å². The van der Waals surface area contributed by atoms with Gasteiger partial charge in [0.2, 0.25) is 0 Å². The molecule has 0 bridgehead atoms. The van der Waals surface area contributed by atoms with Crippen LogP contribution < -0.4 is 0 Å². The predicted octanol–water partition coefficient (Wildman–Crippen LogP) is 4.61. The van der Waals surface area contributed by atoms with Gasteiger partial charge in [-0.05, 0) is 36.0 Å². The van der Waals surface area contributed by atoms with Gasteiger partial charge in [-0.25, -0.2) is 0 Å². The van der Waals surface area contributed by atoms with Crippen molar-refractivity contribution in [2.45, 2.75) is 30.6 Å². The monoisotopic (exact) mass is 247 g/mol. The van der Waals surface area contributed by atoms with Gasteiger partial charge >= 0.3 is 0 Å². The minimum atomic E-state index is 0.151. The van der Waals surface area contributed by atoms with E-state index in [2.05, 4.69) is 65.8 Å². The zero-order valence-corrected chi connectivity index (χ0v) is 10.9. The summed E-state index contributed by atoms with van der Waals surface area (Å²) >= 11 is 0. The van der Waals surface area contributed by atoms with E-state index in [1.807, 2.05) is 0 Å². The molecule has 1 heteroatoms. The van der Waals surface area contributed by atoms with E-state index in [0.29, 0.717) is 5.92 Å². The first kappa shape index (κ1) is 11.0. The van der Waals surface area contributed by atoms with Crippen molar-refractivity contribution in [1.29, 1.82) is 0 Å². The SMILES string of the molecule is C1=Nc2ccccc2C12CCCC2c1ccccc1. The van der Waals surface area contributed by atoms with Crippen LogP contribution in [0.25, 0.3) is 0 Å². The molecule has 2 aromatic rings. The van der Waals surface area contributed by atoms with Gasteiger partial charge in [-0.1, -0.05) is 55.0 Å². The van der Waals surface area contributed by atoms with Gasteiger partial charge in [0.15, 0.2) is 0 Å². The third-order valence-corrected chi connectivity index (χ3v) is 4.75. The molecule has 2 aliphatic rings. The summed E-state index contributed by atoms with van der Waals surface area (Å²) in [7, 11) is 0. The summed E-state index contributed by atoms with van der Waals surface area (Å²) in [4.78, 5) is 4.69. The molecule has 2 aromatic carbocycles. The Hall–Kier alpha value is -1.89. The molecule has 0 N–H and O–H groups in total. The number of nitrogens with zero attached hydrogens (tertiary/aromatic N) is 1. The first-order valence-corrected chi connectivity index (χ1v) is 7.10. The van der Waals surface area contributed by atoms with Crippen molar-refractivity contribution >= 4 is 11.9 Å². The van der Waals surface area contributed by atoms with Crippen molar-refractivity contribution in [2.24, 2.45) is 4.99 Å². The average molecular weight is 247 g/mol. The molecule has 1 aliphatic heterocycles. The van der Waals surface area contributed by atoms with Gasteiger partial charge in [-0.3, -0.25) is 4.99 Å². The zero-order chi connectivity index (χ0) is 12.7. The van der Waals surface area contributed by atoms with Crippen LogP contribution in [0.4, 0.5) is 5.69 Å². The highest BCUT2D eigenvalue weighted by molar-refractivity contribution is 5.87. The Bertz CT molecular complexity index is 629. The second-order valence-electron chi connectivity index (χ2n) is 5.67. The molecule has 1 aliphatic carbocycles. The fourth-order valence-corrected chi connectivity index (χ4v) is 3.89. The molecule has 1 spiro atoms. The molecule has 1 saturated carbocycles. The largest absolute Gasteiger partial charge is 0.260 e. The summed E-state index contributed by atoms with van der Waals surface area (Å²) in [6.45, 7) is 0. The number of rotatable bonds is 1. The Morgan fingerprint density at radius 1 is 0.947 bits per heavy atom. The maximum Gasteiger partial charge on any atom is 0.0667 e. The van der Waals surface area contributed by atoms with E-state index < -0.39 is 0 Å². The summed E-state index contributed by atoms with van der Waals surface area (Å²) in [6, 6.07) is 19.6. The standard InChI is InChI=1S/C18H17N/c1-2-7-14(8-3-1)15-10-6-12-18(15)13-19-17-11-5-4-9-16(17)18/h1-5,7-9,11,13,15H,6,10,12H2. The maximum atomic E-state index is 4.69. The topological polar surface area (TPSA) is 12.4 Å². The van der Waals surface area contributed by atoms with E-state index in [1.165, 1.54) is 36.1 Å². The van der Waals surface area contributed by atoms with Crippen LogP contribution in [0.1, 0.15) is 36.3 Å². The van der Waals surface area contributed by atoms with Gasteiger partial charge in [-0.15, -0.1) is 0 Å². The highest BCUT2D eigenvalue weighted by Crippen LogP contribution is 2.54. The number of hydrogen-bond acceptors (Lipinski definition) is 1. The third kappa shape index (κ3) is 1.51. The minimum Gasteiger partial charge on any atom is -0.260 e. The molecule has 1 fully saturated rings. The van der Waals surface area contributed by atoms with Crippen molar-refractivity contribution < 1.29 is 0 Å². The van der Waals surface area contributed by atoms with Crippen LogP contribution in [-0.4, -0.2) is 6.21 Å². The molecule has 4 rings (SSSR count). The molecule has 0 amide bonds. The molecule has 1 heterocycles. The van der Waals surface area contributed by atoms with Gasteiger partial charge in [0.25, 0.3) is 0 Å². The zero-order valence-electron chi connectivity index (χ0n) is 10.9. The van der Waals surface area contributed by atoms with Gasteiger partial charge in [0.05, 0.1) is 5.69 Å². The van der Waals surface area contributed by atoms with Gasteiger partial charge in [0, 0.05) is 11.6 Å². The summed E-state index contributed by atoms with van der Waals surface area (Å²) in [6.07, 6.45) is 6.01. The van der Waals surface area contributed by atoms with Gasteiger partial charge in [-0.2, -0.15) is 0 Å².